The smallest absolute Gasteiger partial charge is 0.332 e. The maximum atomic E-state index is 13.1. The van der Waals surface area contributed by atoms with Crippen molar-refractivity contribution < 1.29 is 0 Å². The first-order valence-corrected chi connectivity index (χ1v) is 10.1. The Bertz CT molecular complexity index is 1260. The largest absolute Gasteiger partial charge is 0.341 e. The average molecular weight is 407 g/mol. The molecule has 0 spiro atoms. The van der Waals surface area contributed by atoms with Crippen LogP contribution in [-0.4, -0.2) is 37.8 Å². The van der Waals surface area contributed by atoms with E-state index in [1.54, 1.807) is 13.1 Å². The summed E-state index contributed by atoms with van der Waals surface area (Å²) in [4.78, 5) is 32.4. The van der Waals surface area contributed by atoms with Gasteiger partial charge in [0.25, 0.3) is 5.56 Å². The topological polar surface area (TPSA) is 115 Å². The quantitative estimate of drug-likeness (QED) is 0.682. The fraction of sp³-hybridized carbons (Fsp3) is 0.429. The summed E-state index contributed by atoms with van der Waals surface area (Å²) in [5.41, 5.74) is 7.46. The average Bonchev–Trinajstić information content (AvgIpc) is 2.98. The van der Waals surface area contributed by atoms with E-state index in [2.05, 4.69) is 11.0 Å². The van der Waals surface area contributed by atoms with E-state index in [1.807, 2.05) is 22.8 Å². The number of benzene rings is 1. The summed E-state index contributed by atoms with van der Waals surface area (Å²) in [5, 5.41) is 9.52. The van der Waals surface area contributed by atoms with Crippen molar-refractivity contribution in [1.82, 2.24) is 18.7 Å². The zero-order valence-corrected chi connectivity index (χ0v) is 17.2. The highest BCUT2D eigenvalue weighted by atomic mass is 16.2. The lowest BCUT2D eigenvalue weighted by Gasteiger charge is -2.24. The molecule has 156 valence electrons. The molecule has 1 unspecified atom stereocenters. The Kier molecular flexibility index (Phi) is 5.18. The lowest BCUT2D eigenvalue weighted by molar-refractivity contribution is 0.615. The van der Waals surface area contributed by atoms with Crippen molar-refractivity contribution in [3.8, 4) is 6.07 Å². The first kappa shape index (κ1) is 19.9. The molecule has 9 nitrogen and oxygen atoms in total. The van der Waals surface area contributed by atoms with E-state index >= 15 is 0 Å². The second-order valence-electron chi connectivity index (χ2n) is 7.85. The van der Waals surface area contributed by atoms with Gasteiger partial charge in [0.1, 0.15) is 0 Å². The minimum atomic E-state index is -0.423. The summed E-state index contributed by atoms with van der Waals surface area (Å²) in [6.07, 6.45) is 2.95. The number of imidazole rings is 1. The van der Waals surface area contributed by atoms with E-state index in [0.29, 0.717) is 35.8 Å². The first-order valence-electron chi connectivity index (χ1n) is 10.1. The molecule has 0 bridgehead atoms. The normalized spacial score (nSPS) is 17.1. The van der Waals surface area contributed by atoms with Gasteiger partial charge in [-0.1, -0.05) is 24.6 Å². The van der Waals surface area contributed by atoms with Crippen LogP contribution in [0.5, 0.6) is 0 Å². The molecule has 0 radical (unpaired) electrons. The first-order chi connectivity index (χ1) is 14.4. The van der Waals surface area contributed by atoms with Crippen molar-refractivity contribution in [3.63, 3.8) is 0 Å². The molecule has 2 N–H and O–H groups in total. The summed E-state index contributed by atoms with van der Waals surface area (Å²) in [6.45, 7) is 1.69. The van der Waals surface area contributed by atoms with Crippen molar-refractivity contribution >= 4 is 17.1 Å². The van der Waals surface area contributed by atoms with Crippen LogP contribution in [0.2, 0.25) is 0 Å². The summed E-state index contributed by atoms with van der Waals surface area (Å²) < 4.78 is 4.31. The molecule has 30 heavy (non-hydrogen) atoms. The molecule has 0 saturated carbocycles. The van der Waals surface area contributed by atoms with Gasteiger partial charge in [0.2, 0.25) is 5.95 Å². The Morgan fingerprint density at radius 1 is 1.20 bits per heavy atom. The van der Waals surface area contributed by atoms with Crippen LogP contribution in [0.3, 0.4) is 0 Å². The summed E-state index contributed by atoms with van der Waals surface area (Å²) in [6, 6.07) is 9.53. The van der Waals surface area contributed by atoms with Crippen LogP contribution in [0.15, 0.2) is 33.9 Å². The van der Waals surface area contributed by atoms with Gasteiger partial charge in [-0.3, -0.25) is 18.5 Å². The lowest BCUT2D eigenvalue weighted by atomic mass is 10.1. The third-order valence-electron chi connectivity index (χ3n) is 5.78. The van der Waals surface area contributed by atoms with E-state index in [1.165, 1.54) is 11.6 Å². The zero-order chi connectivity index (χ0) is 21.4. The Morgan fingerprint density at radius 2 is 1.97 bits per heavy atom. The van der Waals surface area contributed by atoms with Crippen LogP contribution in [0.1, 0.15) is 30.4 Å². The van der Waals surface area contributed by atoms with E-state index in [9.17, 15) is 14.9 Å². The third-order valence-corrected chi connectivity index (χ3v) is 5.78. The molecule has 1 aliphatic rings. The standard InChI is InChI=1S/C21H25N7O2/c1-25-18-17(19(29)26(2)21(25)30)28(12-15-8-4-3-7-14(15)11-22)20(24-18)27-10-6-5-9-16(23)13-27/h3-4,7-8,16H,5-6,9-10,12-13,23H2,1-2H3. The minimum Gasteiger partial charge on any atom is -0.341 e. The molecule has 3 aromatic rings. The van der Waals surface area contributed by atoms with Crippen LogP contribution in [0.4, 0.5) is 5.95 Å². The van der Waals surface area contributed by atoms with Crippen LogP contribution >= 0.6 is 0 Å². The number of rotatable bonds is 3. The number of hydrogen-bond donors (Lipinski definition) is 1. The van der Waals surface area contributed by atoms with Gasteiger partial charge >= 0.3 is 5.69 Å². The Hall–Kier alpha value is -3.38. The highest BCUT2D eigenvalue weighted by Crippen LogP contribution is 2.24. The van der Waals surface area contributed by atoms with Gasteiger partial charge in [0, 0.05) is 33.2 Å². The number of aryl methyl sites for hydroxylation is 1. The van der Waals surface area contributed by atoms with Crippen molar-refractivity contribution in [2.24, 2.45) is 19.8 Å². The highest BCUT2D eigenvalue weighted by Gasteiger charge is 2.25. The number of nitrogens with zero attached hydrogens (tertiary/aromatic N) is 6. The van der Waals surface area contributed by atoms with Gasteiger partial charge in [0.05, 0.1) is 18.2 Å². The predicted molar refractivity (Wildman–Crippen MR) is 115 cm³/mol. The predicted octanol–water partition coefficient (Wildman–Crippen LogP) is 0.671. The van der Waals surface area contributed by atoms with Crippen molar-refractivity contribution in [2.45, 2.75) is 31.8 Å². The van der Waals surface area contributed by atoms with E-state index in [0.717, 1.165) is 35.9 Å². The molecule has 4 rings (SSSR count). The van der Waals surface area contributed by atoms with E-state index < -0.39 is 11.2 Å². The Morgan fingerprint density at radius 3 is 2.73 bits per heavy atom. The molecule has 2 aromatic heterocycles. The number of nitriles is 1. The molecule has 1 atom stereocenters. The van der Waals surface area contributed by atoms with Gasteiger partial charge in [-0.15, -0.1) is 0 Å². The lowest BCUT2D eigenvalue weighted by Crippen LogP contribution is -2.38. The van der Waals surface area contributed by atoms with Crippen LogP contribution < -0.4 is 21.9 Å². The molecule has 3 heterocycles. The molecule has 0 aliphatic carbocycles. The van der Waals surface area contributed by atoms with Crippen LogP contribution in [-0.2, 0) is 20.6 Å². The Balaban J connectivity index is 1.98. The molecular weight excluding hydrogens is 382 g/mol. The molecule has 1 saturated heterocycles. The van der Waals surface area contributed by atoms with Crippen molar-refractivity contribution in [1.29, 1.82) is 5.26 Å². The summed E-state index contributed by atoms with van der Waals surface area (Å²) in [5.74, 6) is 0.605. The second-order valence-corrected chi connectivity index (χ2v) is 7.85. The highest BCUT2D eigenvalue weighted by molar-refractivity contribution is 5.75. The van der Waals surface area contributed by atoms with Crippen molar-refractivity contribution in [3.05, 3.63) is 56.2 Å². The molecule has 9 heteroatoms. The molecule has 1 fully saturated rings. The number of nitrogens with two attached hydrogens (primary N) is 1. The number of anilines is 1. The molecule has 0 amide bonds. The number of aromatic nitrogens is 4. The summed E-state index contributed by atoms with van der Waals surface area (Å²) in [7, 11) is 3.08. The van der Waals surface area contributed by atoms with Crippen molar-refractivity contribution in [2.75, 3.05) is 18.0 Å². The fourth-order valence-electron chi connectivity index (χ4n) is 4.12. The maximum absolute atomic E-state index is 13.1. The zero-order valence-electron chi connectivity index (χ0n) is 17.2. The van der Waals surface area contributed by atoms with Crippen LogP contribution in [0.25, 0.3) is 11.2 Å². The maximum Gasteiger partial charge on any atom is 0.332 e. The van der Waals surface area contributed by atoms with E-state index in [4.69, 9.17) is 10.7 Å². The van der Waals surface area contributed by atoms with E-state index in [-0.39, 0.29) is 6.04 Å². The monoisotopic (exact) mass is 407 g/mol. The molecule has 1 aliphatic heterocycles. The second kappa shape index (κ2) is 7.80. The Labute approximate surface area is 173 Å². The molecular formula is C21H25N7O2. The third kappa shape index (κ3) is 3.29. The van der Waals surface area contributed by atoms with Gasteiger partial charge in [-0.25, -0.2) is 4.79 Å². The van der Waals surface area contributed by atoms with Gasteiger partial charge in [0.15, 0.2) is 11.2 Å². The van der Waals surface area contributed by atoms with Gasteiger partial charge < -0.3 is 10.6 Å². The fourth-order valence-corrected chi connectivity index (χ4v) is 4.12. The van der Waals surface area contributed by atoms with Gasteiger partial charge in [-0.05, 0) is 24.5 Å². The van der Waals surface area contributed by atoms with Crippen LogP contribution in [0, 0.1) is 11.3 Å². The SMILES string of the molecule is Cn1c(=O)c2c(nc(N3CCCCC(N)C3)n2Cc2ccccc2C#N)n(C)c1=O. The molecule has 1 aromatic carbocycles. The summed E-state index contributed by atoms with van der Waals surface area (Å²) >= 11 is 0. The number of hydrogen-bond acceptors (Lipinski definition) is 6. The van der Waals surface area contributed by atoms with Gasteiger partial charge in [-0.2, -0.15) is 10.2 Å². The minimum absolute atomic E-state index is 0.0128. The number of fused-ring (bicyclic) bond motifs is 1.